The zero-order valence-corrected chi connectivity index (χ0v) is 8.50. The van der Waals surface area contributed by atoms with Gasteiger partial charge in [-0.3, -0.25) is 0 Å². The highest BCUT2D eigenvalue weighted by Gasteiger charge is 2.21. The maximum Gasteiger partial charge on any atom is 0.0755 e. The average Bonchev–Trinajstić information content (AvgIpc) is 2.74. The molecule has 1 fully saturated rings. The van der Waals surface area contributed by atoms with Crippen molar-refractivity contribution < 1.29 is 0 Å². The van der Waals surface area contributed by atoms with E-state index in [0.29, 0.717) is 6.04 Å². The van der Waals surface area contributed by atoms with Gasteiger partial charge in [0.25, 0.3) is 0 Å². The van der Waals surface area contributed by atoms with E-state index >= 15 is 0 Å². The zero-order valence-electron chi connectivity index (χ0n) is 7.68. The Morgan fingerprint density at radius 1 is 1.77 bits per heavy atom. The van der Waals surface area contributed by atoms with Gasteiger partial charge in [0.2, 0.25) is 0 Å². The van der Waals surface area contributed by atoms with Gasteiger partial charge in [-0.05, 0) is 19.1 Å². The van der Waals surface area contributed by atoms with Crippen molar-refractivity contribution in [3.8, 4) is 0 Å². The topological polar surface area (TPSA) is 56.7 Å². The van der Waals surface area contributed by atoms with E-state index in [1.807, 2.05) is 23.4 Å². The lowest BCUT2D eigenvalue weighted by Crippen LogP contribution is -2.18. The molecule has 0 aliphatic carbocycles. The summed E-state index contributed by atoms with van der Waals surface area (Å²) in [6, 6.07) is 0.536. The van der Waals surface area contributed by atoms with E-state index in [1.165, 1.54) is 12.2 Å². The van der Waals surface area contributed by atoms with Crippen LogP contribution in [0.2, 0.25) is 0 Å². The lowest BCUT2D eigenvalue weighted by Gasteiger charge is -2.13. The molecule has 72 valence electrons. The molecule has 1 aliphatic rings. The van der Waals surface area contributed by atoms with Crippen LogP contribution in [0, 0.1) is 0 Å². The van der Waals surface area contributed by atoms with Gasteiger partial charge in [0.15, 0.2) is 0 Å². The molecule has 0 saturated carbocycles. The van der Waals surface area contributed by atoms with Crippen molar-refractivity contribution in [1.29, 1.82) is 0 Å². The van der Waals surface area contributed by atoms with Gasteiger partial charge in [-0.1, -0.05) is 5.21 Å². The molecule has 1 saturated heterocycles. The number of thioether (sulfide) groups is 1. The summed E-state index contributed by atoms with van der Waals surface area (Å²) in [6.07, 6.45) is 2.96. The summed E-state index contributed by atoms with van der Waals surface area (Å²) in [5.41, 5.74) is 6.87. The van der Waals surface area contributed by atoms with Crippen LogP contribution in [0.4, 0.5) is 0 Å². The number of aromatic nitrogens is 3. The fraction of sp³-hybridized carbons (Fsp3) is 0.750. The molecule has 2 N–H and O–H groups in total. The van der Waals surface area contributed by atoms with Crippen LogP contribution in [0.5, 0.6) is 0 Å². The number of nitrogens with two attached hydrogens (primary N) is 1. The van der Waals surface area contributed by atoms with Crippen molar-refractivity contribution in [2.75, 3.05) is 11.5 Å². The number of rotatable bonds is 2. The van der Waals surface area contributed by atoms with E-state index in [0.717, 1.165) is 11.4 Å². The predicted octanol–water partition coefficient (Wildman–Crippen LogP) is 0.976. The first-order valence-electron chi connectivity index (χ1n) is 4.52. The van der Waals surface area contributed by atoms with Crippen LogP contribution in [0.1, 0.15) is 31.1 Å². The second kappa shape index (κ2) is 3.67. The van der Waals surface area contributed by atoms with Crippen LogP contribution < -0.4 is 5.73 Å². The first-order chi connectivity index (χ1) is 6.29. The third-order valence-corrected chi connectivity index (χ3v) is 3.47. The van der Waals surface area contributed by atoms with Crippen LogP contribution in [0.25, 0.3) is 0 Å². The van der Waals surface area contributed by atoms with Crippen LogP contribution >= 0.6 is 11.8 Å². The van der Waals surface area contributed by atoms with Crippen LogP contribution in [-0.4, -0.2) is 26.5 Å². The maximum atomic E-state index is 5.82. The molecule has 1 aromatic heterocycles. The smallest absolute Gasteiger partial charge is 0.0755 e. The Balaban J connectivity index is 2.23. The molecule has 2 rings (SSSR count). The van der Waals surface area contributed by atoms with E-state index in [1.54, 1.807) is 6.20 Å². The number of nitrogens with zero attached hydrogens (tertiary/aromatic N) is 3. The molecule has 0 amide bonds. The molecule has 4 nitrogen and oxygen atoms in total. The van der Waals surface area contributed by atoms with E-state index in [4.69, 9.17) is 5.73 Å². The molecule has 1 aromatic rings. The van der Waals surface area contributed by atoms with Gasteiger partial charge >= 0.3 is 0 Å². The van der Waals surface area contributed by atoms with Gasteiger partial charge in [0.1, 0.15) is 0 Å². The van der Waals surface area contributed by atoms with Crippen molar-refractivity contribution in [2.24, 2.45) is 5.73 Å². The summed E-state index contributed by atoms with van der Waals surface area (Å²) < 4.78 is 1.99. The fourth-order valence-electron chi connectivity index (χ4n) is 1.58. The Labute approximate surface area is 81.9 Å². The molecular formula is C8H14N4S. The van der Waals surface area contributed by atoms with Crippen LogP contribution in [0.3, 0.4) is 0 Å². The van der Waals surface area contributed by atoms with E-state index in [2.05, 4.69) is 10.3 Å². The van der Waals surface area contributed by atoms with E-state index in [9.17, 15) is 0 Å². The van der Waals surface area contributed by atoms with E-state index in [-0.39, 0.29) is 6.04 Å². The third kappa shape index (κ3) is 1.71. The van der Waals surface area contributed by atoms with Gasteiger partial charge < -0.3 is 5.73 Å². The minimum atomic E-state index is 0.0283. The Bertz CT molecular complexity index is 277. The lowest BCUT2D eigenvalue weighted by atomic mass is 10.2. The Morgan fingerprint density at radius 2 is 2.62 bits per heavy atom. The lowest BCUT2D eigenvalue weighted by molar-refractivity contribution is 0.458. The summed E-state index contributed by atoms with van der Waals surface area (Å²) in [7, 11) is 0. The average molecular weight is 198 g/mol. The highest BCUT2D eigenvalue weighted by Crippen LogP contribution is 2.28. The second-order valence-electron chi connectivity index (χ2n) is 3.41. The highest BCUT2D eigenvalue weighted by atomic mass is 32.2. The summed E-state index contributed by atoms with van der Waals surface area (Å²) in [6.45, 7) is 1.97. The Morgan fingerprint density at radius 3 is 3.23 bits per heavy atom. The maximum absolute atomic E-state index is 5.82. The Hall–Kier alpha value is -0.550. The Kier molecular flexibility index (Phi) is 2.55. The van der Waals surface area contributed by atoms with Gasteiger partial charge in [-0.25, -0.2) is 4.68 Å². The van der Waals surface area contributed by atoms with Crippen LogP contribution in [-0.2, 0) is 0 Å². The predicted molar refractivity (Wildman–Crippen MR) is 53.6 cm³/mol. The molecule has 0 radical (unpaired) electrons. The molecule has 2 heterocycles. The molecule has 1 aliphatic heterocycles. The molecule has 0 bridgehead atoms. The number of hydrogen-bond acceptors (Lipinski definition) is 4. The first-order valence-corrected chi connectivity index (χ1v) is 5.68. The quantitative estimate of drug-likeness (QED) is 0.769. The normalized spacial score (nSPS) is 24.9. The third-order valence-electron chi connectivity index (χ3n) is 2.32. The highest BCUT2D eigenvalue weighted by molar-refractivity contribution is 7.99. The minimum absolute atomic E-state index is 0.0283. The standard InChI is InChI=1S/C8H14N4S/c1-6(9)8-4-10-11-12(8)7-2-3-13-5-7/h4,6-7H,2-3,5,9H2,1H3/t6-,7?/m1/s1. The van der Waals surface area contributed by atoms with Gasteiger partial charge in [-0.15, -0.1) is 5.10 Å². The molecule has 0 spiro atoms. The molecule has 1 unspecified atom stereocenters. The fourth-order valence-corrected chi connectivity index (χ4v) is 2.76. The summed E-state index contributed by atoms with van der Waals surface area (Å²) in [5, 5.41) is 8.00. The molecule has 5 heteroatoms. The van der Waals surface area contributed by atoms with Crippen molar-refractivity contribution in [3.05, 3.63) is 11.9 Å². The summed E-state index contributed by atoms with van der Waals surface area (Å²) in [4.78, 5) is 0. The molecule has 2 atom stereocenters. The summed E-state index contributed by atoms with van der Waals surface area (Å²) in [5.74, 6) is 2.37. The van der Waals surface area contributed by atoms with Crippen molar-refractivity contribution in [2.45, 2.75) is 25.4 Å². The molecule has 0 aromatic carbocycles. The van der Waals surface area contributed by atoms with E-state index < -0.39 is 0 Å². The van der Waals surface area contributed by atoms with Gasteiger partial charge in [-0.2, -0.15) is 11.8 Å². The zero-order chi connectivity index (χ0) is 9.26. The second-order valence-corrected chi connectivity index (χ2v) is 4.56. The van der Waals surface area contributed by atoms with Gasteiger partial charge in [0, 0.05) is 11.8 Å². The van der Waals surface area contributed by atoms with Crippen molar-refractivity contribution in [3.63, 3.8) is 0 Å². The molecule has 13 heavy (non-hydrogen) atoms. The molecular weight excluding hydrogens is 184 g/mol. The summed E-state index contributed by atoms with van der Waals surface area (Å²) >= 11 is 1.97. The largest absolute Gasteiger partial charge is 0.323 e. The number of hydrogen-bond donors (Lipinski definition) is 1. The monoisotopic (exact) mass is 198 g/mol. The van der Waals surface area contributed by atoms with Crippen molar-refractivity contribution >= 4 is 11.8 Å². The SMILES string of the molecule is C[C@@H](N)c1cnnn1C1CCSC1. The first kappa shape index (κ1) is 9.02. The minimum Gasteiger partial charge on any atom is -0.323 e. The van der Waals surface area contributed by atoms with Crippen LogP contribution in [0.15, 0.2) is 6.20 Å². The van der Waals surface area contributed by atoms with Gasteiger partial charge in [0.05, 0.1) is 17.9 Å². The van der Waals surface area contributed by atoms with Crippen molar-refractivity contribution in [1.82, 2.24) is 15.0 Å².